The lowest BCUT2D eigenvalue weighted by Gasteiger charge is -2.22. The van der Waals surface area contributed by atoms with Crippen LogP contribution in [0.2, 0.25) is 0 Å². The number of pyridine rings is 2. The van der Waals surface area contributed by atoms with Gasteiger partial charge in [0.2, 0.25) is 0 Å². The lowest BCUT2D eigenvalue weighted by molar-refractivity contribution is -0.137. The third kappa shape index (κ3) is 5.30. The zero-order valence-electron chi connectivity index (χ0n) is 17.8. The fraction of sp³-hybridized carbons (Fsp3) is 0.174. The number of benzene rings is 1. The molecule has 0 saturated heterocycles. The summed E-state index contributed by atoms with van der Waals surface area (Å²) < 4.78 is 39.4. The standard InChI is InChI=1S/C23H18BrF3N6O/c1-28-21-18(24)10-15-9-14(3-6-19(15)32-21)22(34)33(13-20-29-7-2-8-30-20)12-17-5-4-16(11-31-17)23(25,26)27/h2-11H,12-13H2,1H3,(H,28,32). The van der Waals surface area contributed by atoms with Gasteiger partial charge >= 0.3 is 6.18 Å². The largest absolute Gasteiger partial charge is 0.417 e. The predicted octanol–water partition coefficient (Wildman–Crippen LogP) is 5.09. The molecule has 4 rings (SSSR count). The number of hydrogen-bond acceptors (Lipinski definition) is 6. The molecular weight excluding hydrogens is 513 g/mol. The van der Waals surface area contributed by atoms with Crippen LogP contribution in [0.15, 0.2) is 65.5 Å². The van der Waals surface area contributed by atoms with Gasteiger partial charge in [-0.05, 0) is 58.4 Å². The number of carbonyl (C=O) groups excluding carboxylic acids is 1. The van der Waals surface area contributed by atoms with Crippen molar-refractivity contribution in [2.75, 3.05) is 12.4 Å². The number of alkyl halides is 3. The van der Waals surface area contributed by atoms with Crippen LogP contribution in [0.5, 0.6) is 0 Å². The molecule has 1 N–H and O–H groups in total. The normalized spacial score (nSPS) is 11.4. The van der Waals surface area contributed by atoms with E-state index in [0.717, 1.165) is 22.1 Å². The van der Waals surface area contributed by atoms with Crippen molar-refractivity contribution < 1.29 is 18.0 Å². The topological polar surface area (TPSA) is 83.9 Å². The minimum Gasteiger partial charge on any atom is -0.372 e. The number of rotatable bonds is 6. The van der Waals surface area contributed by atoms with Gasteiger partial charge in [-0.2, -0.15) is 13.2 Å². The molecule has 0 saturated carbocycles. The highest BCUT2D eigenvalue weighted by molar-refractivity contribution is 9.10. The van der Waals surface area contributed by atoms with E-state index in [-0.39, 0.29) is 19.0 Å². The number of amides is 1. The summed E-state index contributed by atoms with van der Waals surface area (Å²) in [5.41, 5.74) is 0.544. The van der Waals surface area contributed by atoms with E-state index < -0.39 is 11.7 Å². The van der Waals surface area contributed by atoms with Gasteiger partial charge in [0.15, 0.2) is 0 Å². The quantitative estimate of drug-likeness (QED) is 0.374. The van der Waals surface area contributed by atoms with E-state index in [0.29, 0.717) is 28.4 Å². The molecule has 0 unspecified atom stereocenters. The van der Waals surface area contributed by atoms with Crippen LogP contribution in [0.3, 0.4) is 0 Å². The highest BCUT2D eigenvalue weighted by Gasteiger charge is 2.30. The molecule has 0 spiro atoms. The summed E-state index contributed by atoms with van der Waals surface area (Å²) in [6, 6.07) is 10.8. The third-order valence-electron chi connectivity index (χ3n) is 5.00. The van der Waals surface area contributed by atoms with Crippen molar-refractivity contribution in [3.8, 4) is 0 Å². The Bertz CT molecular complexity index is 1320. The van der Waals surface area contributed by atoms with E-state index in [1.807, 2.05) is 6.07 Å². The smallest absolute Gasteiger partial charge is 0.372 e. The average Bonchev–Trinajstić information content (AvgIpc) is 2.83. The Labute approximate surface area is 201 Å². The van der Waals surface area contributed by atoms with E-state index in [1.165, 1.54) is 11.0 Å². The average molecular weight is 531 g/mol. The molecule has 174 valence electrons. The van der Waals surface area contributed by atoms with Crippen LogP contribution in [0.25, 0.3) is 10.9 Å². The molecule has 0 aliphatic heterocycles. The van der Waals surface area contributed by atoms with E-state index in [9.17, 15) is 18.0 Å². The van der Waals surface area contributed by atoms with Crippen LogP contribution < -0.4 is 5.32 Å². The van der Waals surface area contributed by atoms with E-state index >= 15 is 0 Å². The molecule has 1 aromatic carbocycles. The molecule has 0 bridgehead atoms. The summed E-state index contributed by atoms with van der Waals surface area (Å²) in [4.78, 5) is 31.6. The van der Waals surface area contributed by atoms with Crippen LogP contribution in [0.1, 0.15) is 27.4 Å². The molecule has 0 radical (unpaired) electrons. The Hall–Kier alpha value is -3.60. The number of fused-ring (bicyclic) bond motifs is 1. The summed E-state index contributed by atoms with van der Waals surface area (Å²) in [6.07, 6.45) is -0.616. The summed E-state index contributed by atoms with van der Waals surface area (Å²) in [5, 5.41) is 3.74. The zero-order chi connectivity index (χ0) is 24.3. The van der Waals surface area contributed by atoms with Gasteiger partial charge in [0.05, 0.1) is 34.3 Å². The van der Waals surface area contributed by atoms with Gasteiger partial charge in [0, 0.05) is 36.6 Å². The molecule has 1 amide bonds. The summed E-state index contributed by atoms with van der Waals surface area (Å²) in [5.74, 6) is 0.722. The van der Waals surface area contributed by atoms with Gasteiger partial charge in [0.1, 0.15) is 11.6 Å². The molecule has 0 atom stereocenters. The Morgan fingerprint density at radius 2 is 1.82 bits per heavy atom. The Kier molecular flexibility index (Phi) is 6.73. The van der Waals surface area contributed by atoms with E-state index in [4.69, 9.17) is 0 Å². The van der Waals surface area contributed by atoms with Gasteiger partial charge in [-0.15, -0.1) is 0 Å². The predicted molar refractivity (Wildman–Crippen MR) is 124 cm³/mol. The van der Waals surface area contributed by atoms with Crippen LogP contribution >= 0.6 is 15.9 Å². The highest BCUT2D eigenvalue weighted by Crippen LogP contribution is 2.29. The maximum Gasteiger partial charge on any atom is 0.417 e. The van der Waals surface area contributed by atoms with Gasteiger partial charge < -0.3 is 10.2 Å². The minimum absolute atomic E-state index is 0.0199. The second-order valence-corrected chi connectivity index (χ2v) is 8.19. The second kappa shape index (κ2) is 9.72. The molecule has 0 aliphatic rings. The van der Waals surface area contributed by atoms with Crippen LogP contribution in [0.4, 0.5) is 19.0 Å². The molecule has 0 aliphatic carbocycles. The number of nitrogens with one attached hydrogen (secondary N) is 1. The summed E-state index contributed by atoms with van der Waals surface area (Å²) >= 11 is 3.45. The maximum atomic E-state index is 13.4. The highest BCUT2D eigenvalue weighted by atomic mass is 79.9. The lowest BCUT2D eigenvalue weighted by atomic mass is 10.1. The van der Waals surface area contributed by atoms with Crippen molar-refractivity contribution in [1.29, 1.82) is 0 Å². The van der Waals surface area contributed by atoms with Crippen molar-refractivity contribution in [2.24, 2.45) is 0 Å². The van der Waals surface area contributed by atoms with Crippen molar-refractivity contribution in [3.05, 3.63) is 88.2 Å². The Morgan fingerprint density at radius 1 is 1.06 bits per heavy atom. The van der Waals surface area contributed by atoms with Gasteiger partial charge in [-0.3, -0.25) is 9.78 Å². The number of anilines is 1. The fourth-order valence-corrected chi connectivity index (χ4v) is 3.84. The van der Waals surface area contributed by atoms with Crippen LogP contribution in [-0.2, 0) is 19.3 Å². The van der Waals surface area contributed by atoms with Gasteiger partial charge in [-0.25, -0.2) is 15.0 Å². The van der Waals surface area contributed by atoms with E-state index in [2.05, 4.69) is 41.2 Å². The SMILES string of the molecule is CNc1nc2ccc(C(=O)N(Cc3ccc(C(F)(F)F)cn3)Cc3ncccn3)cc2cc1Br. The first-order chi connectivity index (χ1) is 16.2. The first kappa shape index (κ1) is 23.6. The van der Waals surface area contributed by atoms with Gasteiger partial charge in [0.25, 0.3) is 5.91 Å². The van der Waals surface area contributed by atoms with Crippen molar-refractivity contribution >= 4 is 38.6 Å². The molecule has 11 heteroatoms. The minimum atomic E-state index is -4.49. The molecule has 34 heavy (non-hydrogen) atoms. The monoisotopic (exact) mass is 530 g/mol. The third-order valence-corrected chi connectivity index (χ3v) is 5.60. The fourth-order valence-electron chi connectivity index (χ4n) is 3.30. The molecule has 3 aromatic heterocycles. The first-order valence-corrected chi connectivity index (χ1v) is 10.9. The Balaban J connectivity index is 1.66. The molecule has 0 fully saturated rings. The Morgan fingerprint density at radius 3 is 2.47 bits per heavy atom. The van der Waals surface area contributed by atoms with Crippen LogP contribution in [0, 0.1) is 0 Å². The van der Waals surface area contributed by atoms with E-state index in [1.54, 1.807) is 43.7 Å². The number of hydrogen-bond donors (Lipinski definition) is 1. The zero-order valence-corrected chi connectivity index (χ0v) is 19.4. The maximum absolute atomic E-state index is 13.4. The molecule has 3 heterocycles. The van der Waals surface area contributed by atoms with Gasteiger partial charge in [-0.1, -0.05) is 0 Å². The van der Waals surface area contributed by atoms with Crippen molar-refractivity contribution in [2.45, 2.75) is 19.3 Å². The number of nitrogens with zero attached hydrogens (tertiary/aromatic N) is 5. The second-order valence-electron chi connectivity index (χ2n) is 7.34. The summed E-state index contributed by atoms with van der Waals surface area (Å²) in [7, 11) is 1.76. The molecular formula is C23H18BrF3N6O. The van der Waals surface area contributed by atoms with Crippen molar-refractivity contribution in [1.82, 2.24) is 24.8 Å². The first-order valence-electron chi connectivity index (χ1n) is 10.1. The lowest BCUT2D eigenvalue weighted by Crippen LogP contribution is -2.31. The van der Waals surface area contributed by atoms with Crippen molar-refractivity contribution in [3.63, 3.8) is 0 Å². The number of halogens is 4. The molecule has 4 aromatic rings. The summed E-state index contributed by atoms with van der Waals surface area (Å²) in [6.45, 7) is 0.0367. The number of carbonyl (C=O) groups is 1. The van der Waals surface area contributed by atoms with Crippen LogP contribution in [-0.4, -0.2) is 37.8 Å². The number of aromatic nitrogens is 4. The molecule has 7 nitrogen and oxygen atoms in total.